The topological polar surface area (TPSA) is 107 Å². The van der Waals surface area contributed by atoms with Crippen LogP contribution in [0, 0.1) is 0 Å². The maximum absolute atomic E-state index is 12.8. The van der Waals surface area contributed by atoms with Gasteiger partial charge < -0.3 is 24.1 Å². The molecule has 1 aliphatic rings. The summed E-state index contributed by atoms with van der Waals surface area (Å²) in [5.74, 6) is 0.800. The molecule has 3 heterocycles. The predicted octanol–water partition coefficient (Wildman–Crippen LogP) is 4.04. The second kappa shape index (κ2) is 9.55. The number of benzene rings is 2. The summed E-state index contributed by atoms with van der Waals surface area (Å²) in [7, 11) is 1.62. The van der Waals surface area contributed by atoms with Crippen LogP contribution in [0.3, 0.4) is 0 Å². The van der Waals surface area contributed by atoms with Crippen molar-refractivity contribution in [2.24, 2.45) is 0 Å². The van der Waals surface area contributed by atoms with Gasteiger partial charge in [0.05, 0.1) is 31.7 Å². The number of rotatable bonds is 6. The highest BCUT2D eigenvalue weighted by molar-refractivity contribution is 6.07. The molecule has 0 bridgehead atoms. The molecule has 0 atom stereocenters. The Hall–Kier alpha value is -4.24. The van der Waals surface area contributed by atoms with Gasteiger partial charge in [0.25, 0.3) is 0 Å². The summed E-state index contributed by atoms with van der Waals surface area (Å²) < 4.78 is 16.3. The lowest BCUT2D eigenvalue weighted by Gasteiger charge is -2.30. The van der Waals surface area contributed by atoms with Gasteiger partial charge in [0.2, 0.25) is 5.95 Å². The number of carbonyl (C=O) groups is 1. The molecule has 0 aliphatic carbocycles. The molecule has 0 unspecified atom stereocenters. The number of morpholine rings is 1. The summed E-state index contributed by atoms with van der Waals surface area (Å²) in [6.45, 7) is 3.61. The minimum atomic E-state index is -0.653. The van der Waals surface area contributed by atoms with Crippen molar-refractivity contribution in [2.45, 2.75) is 6.92 Å². The highest BCUT2D eigenvalue weighted by atomic mass is 16.5. The SMILES string of the molecule is COc1cccc(-c2ccnc(Nc3ccc4c(N5CCOCC5)c(C(C)=O)c(=O)oc4c3)n2)c1. The Kier molecular flexibility index (Phi) is 6.15. The molecule has 2 aromatic carbocycles. The van der Waals surface area contributed by atoms with Crippen LogP contribution in [0.5, 0.6) is 5.75 Å². The number of methoxy groups -OCH3 is 1. The van der Waals surface area contributed by atoms with Crippen LogP contribution in [-0.4, -0.2) is 49.2 Å². The Bertz CT molecular complexity index is 1460. The van der Waals surface area contributed by atoms with Gasteiger partial charge in [-0.3, -0.25) is 4.79 Å². The number of nitrogens with zero attached hydrogens (tertiary/aromatic N) is 3. The van der Waals surface area contributed by atoms with E-state index in [4.69, 9.17) is 13.9 Å². The standard InChI is InChI=1S/C26H24N4O5/c1-16(31)23-24(30-10-12-34-13-11-30)20-7-6-18(15-22(20)35-25(23)32)28-26-27-9-8-21(29-26)17-4-3-5-19(14-17)33-2/h3-9,14-15H,10-13H2,1-2H3,(H,27,28,29). The van der Waals surface area contributed by atoms with E-state index in [9.17, 15) is 9.59 Å². The zero-order valence-corrected chi connectivity index (χ0v) is 19.4. The van der Waals surface area contributed by atoms with Gasteiger partial charge in [-0.25, -0.2) is 14.8 Å². The third kappa shape index (κ3) is 4.58. The Morgan fingerprint density at radius 3 is 2.71 bits per heavy atom. The Balaban J connectivity index is 1.51. The molecule has 0 amide bonds. The number of ketones is 1. The zero-order valence-electron chi connectivity index (χ0n) is 19.4. The van der Waals surface area contributed by atoms with Crippen molar-refractivity contribution in [3.63, 3.8) is 0 Å². The van der Waals surface area contributed by atoms with Crippen LogP contribution in [0.25, 0.3) is 22.2 Å². The molecule has 0 spiro atoms. The van der Waals surface area contributed by atoms with Gasteiger partial charge in [0.1, 0.15) is 16.9 Å². The highest BCUT2D eigenvalue weighted by Crippen LogP contribution is 2.32. The molecule has 1 fully saturated rings. The normalized spacial score (nSPS) is 13.6. The quantitative estimate of drug-likeness (QED) is 0.329. The average molecular weight is 473 g/mol. The lowest BCUT2D eigenvalue weighted by atomic mass is 10.1. The van der Waals surface area contributed by atoms with Crippen molar-refractivity contribution < 1.29 is 18.7 Å². The predicted molar refractivity (Wildman–Crippen MR) is 133 cm³/mol. The van der Waals surface area contributed by atoms with Crippen molar-refractivity contribution in [3.05, 3.63) is 70.7 Å². The summed E-state index contributed by atoms with van der Waals surface area (Å²) in [6, 6.07) is 14.8. The van der Waals surface area contributed by atoms with Gasteiger partial charge in [0.15, 0.2) is 5.78 Å². The van der Waals surface area contributed by atoms with Crippen molar-refractivity contribution in [1.82, 2.24) is 9.97 Å². The van der Waals surface area contributed by atoms with E-state index >= 15 is 0 Å². The lowest BCUT2D eigenvalue weighted by Crippen LogP contribution is -2.38. The molecular weight excluding hydrogens is 448 g/mol. The number of aromatic nitrogens is 2. The Labute approximate surface area is 201 Å². The van der Waals surface area contributed by atoms with Gasteiger partial charge in [-0.1, -0.05) is 12.1 Å². The van der Waals surface area contributed by atoms with E-state index in [0.717, 1.165) is 17.0 Å². The van der Waals surface area contributed by atoms with E-state index in [1.807, 2.05) is 47.4 Å². The maximum Gasteiger partial charge on any atom is 0.349 e. The van der Waals surface area contributed by atoms with E-state index in [2.05, 4.69) is 15.3 Å². The number of anilines is 3. The molecule has 0 saturated carbocycles. The number of ether oxygens (including phenoxy) is 2. The first-order valence-corrected chi connectivity index (χ1v) is 11.2. The molecule has 2 aromatic heterocycles. The maximum atomic E-state index is 12.8. The molecular formula is C26H24N4O5. The molecule has 1 saturated heterocycles. The molecule has 5 rings (SSSR count). The number of fused-ring (bicyclic) bond motifs is 1. The van der Waals surface area contributed by atoms with Crippen LogP contribution >= 0.6 is 0 Å². The van der Waals surface area contributed by atoms with Crippen LogP contribution in [0.15, 0.2) is 63.9 Å². The van der Waals surface area contributed by atoms with E-state index in [0.29, 0.717) is 54.6 Å². The van der Waals surface area contributed by atoms with E-state index < -0.39 is 5.63 Å². The fourth-order valence-electron chi connectivity index (χ4n) is 4.18. The van der Waals surface area contributed by atoms with Crippen LogP contribution in [0.4, 0.5) is 17.3 Å². The van der Waals surface area contributed by atoms with Crippen LogP contribution < -0.4 is 20.6 Å². The van der Waals surface area contributed by atoms with Gasteiger partial charge >= 0.3 is 5.63 Å². The lowest BCUT2D eigenvalue weighted by molar-refractivity contribution is 0.101. The molecule has 1 N–H and O–H groups in total. The molecule has 1 aliphatic heterocycles. The molecule has 0 radical (unpaired) electrons. The summed E-state index contributed by atoms with van der Waals surface area (Å²) in [6.07, 6.45) is 1.67. The highest BCUT2D eigenvalue weighted by Gasteiger charge is 2.24. The summed E-state index contributed by atoms with van der Waals surface area (Å²) in [4.78, 5) is 36.0. The fraction of sp³-hybridized carbons (Fsp3) is 0.231. The summed E-state index contributed by atoms with van der Waals surface area (Å²) in [5, 5.41) is 3.86. The molecule has 4 aromatic rings. The van der Waals surface area contributed by atoms with Crippen molar-refractivity contribution >= 4 is 34.1 Å². The number of hydrogen-bond donors (Lipinski definition) is 1. The van der Waals surface area contributed by atoms with E-state index in [-0.39, 0.29) is 11.3 Å². The van der Waals surface area contributed by atoms with Gasteiger partial charge in [-0.05, 0) is 37.3 Å². The smallest absolute Gasteiger partial charge is 0.349 e. The van der Waals surface area contributed by atoms with Gasteiger partial charge in [-0.15, -0.1) is 0 Å². The minimum absolute atomic E-state index is 0.0643. The van der Waals surface area contributed by atoms with Crippen LogP contribution in [0.1, 0.15) is 17.3 Å². The van der Waals surface area contributed by atoms with Gasteiger partial charge in [0, 0.05) is 42.0 Å². The Morgan fingerprint density at radius 1 is 1.11 bits per heavy atom. The molecule has 9 heteroatoms. The molecule has 178 valence electrons. The molecule has 35 heavy (non-hydrogen) atoms. The number of nitrogens with one attached hydrogen (secondary N) is 1. The van der Waals surface area contributed by atoms with Crippen LogP contribution in [-0.2, 0) is 4.74 Å². The van der Waals surface area contributed by atoms with Crippen molar-refractivity contribution in [1.29, 1.82) is 0 Å². The minimum Gasteiger partial charge on any atom is -0.497 e. The van der Waals surface area contributed by atoms with Crippen molar-refractivity contribution in [2.75, 3.05) is 43.6 Å². The average Bonchev–Trinajstić information content (AvgIpc) is 2.88. The number of Topliss-reactive ketones (excluding diaryl/α,β-unsaturated/α-hetero) is 1. The van der Waals surface area contributed by atoms with Gasteiger partial charge in [-0.2, -0.15) is 0 Å². The largest absolute Gasteiger partial charge is 0.497 e. The fourth-order valence-corrected chi connectivity index (χ4v) is 4.18. The second-order valence-corrected chi connectivity index (χ2v) is 8.10. The first-order chi connectivity index (χ1) is 17.0. The zero-order chi connectivity index (χ0) is 24.4. The second-order valence-electron chi connectivity index (χ2n) is 8.10. The Morgan fingerprint density at radius 2 is 1.94 bits per heavy atom. The molecule has 9 nitrogen and oxygen atoms in total. The summed E-state index contributed by atoms with van der Waals surface area (Å²) >= 11 is 0. The first-order valence-electron chi connectivity index (χ1n) is 11.2. The number of hydrogen-bond acceptors (Lipinski definition) is 9. The summed E-state index contributed by atoms with van der Waals surface area (Å²) in [5.41, 5.74) is 2.65. The van der Waals surface area contributed by atoms with E-state index in [1.54, 1.807) is 19.4 Å². The third-order valence-electron chi connectivity index (χ3n) is 5.84. The monoisotopic (exact) mass is 472 g/mol. The van der Waals surface area contributed by atoms with Crippen LogP contribution in [0.2, 0.25) is 0 Å². The third-order valence-corrected chi connectivity index (χ3v) is 5.84. The van der Waals surface area contributed by atoms with Crippen molar-refractivity contribution in [3.8, 4) is 17.0 Å². The first kappa shape index (κ1) is 22.5. The van der Waals surface area contributed by atoms with E-state index in [1.165, 1.54) is 6.92 Å². The number of carbonyl (C=O) groups excluding carboxylic acids is 1.